The summed E-state index contributed by atoms with van der Waals surface area (Å²) in [6.07, 6.45) is 7.92. The fraction of sp³-hybridized carbons (Fsp3) is 0.647. The van der Waals surface area contributed by atoms with E-state index in [-0.39, 0.29) is 0 Å². The van der Waals surface area contributed by atoms with Crippen LogP contribution in [0, 0.1) is 0 Å². The summed E-state index contributed by atoms with van der Waals surface area (Å²) < 4.78 is 0. The number of anilines is 1. The molecule has 3 rings (SSSR count). The van der Waals surface area contributed by atoms with Gasteiger partial charge in [0.05, 0.1) is 0 Å². The van der Waals surface area contributed by atoms with E-state index >= 15 is 0 Å². The molecule has 1 aromatic rings. The lowest BCUT2D eigenvalue weighted by molar-refractivity contribution is 0.340. The molecule has 1 heterocycles. The second-order valence-corrected chi connectivity index (χ2v) is 6.35. The number of nitrogens with one attached hydrogen (secondary N) is 1. The molecule has 0 amide bonds. The van der Waals surface area contributed by atoms with Crippen molar-refractivity contribution in [1.29, 1.82) is 0 Å². The van der Waals surface area contributed by atoms with Crippen molar-refractivity contribution in [2.24, 2.45) is 5.73 Å². The van der Waals surface area contributed by atoms with Crippen LogP contribution in [-0.4, -0.2) is 26.2 Å². The van der Waals surface area contributed by atoms with Crippen LogP contribution in [0.2, 0.25) is 0 Å². The van der Waals surface area contributed by atoms with Gasteiger partial charge in [0.15, 0.2) is 0 Å². The second-order valence-electron chi connectivity index (χ2n) is 6.35. The third kappa shape index (κ3) is 2.84. The highest BCUT2D eigenvalue weighted by molar-refractivity contribution is 5.58. The van der Waals surface area contributed by atoms with Crippen molar-refractivity contribution in [2.45, 2.75) is 50.6 Å². The minimum Gasteiger partial charge on any atom is -0.374 e. The summed E-state index contributed by atoms with van der Waals surface area (Å²) in [4.78, 5) is 2.34. The van der Waals surface area contributed by atoms with Crippen LogP contribution < -0.4 is 16.0 Å². The van der Waals surface area contributed by atoms with E-state index in [0.717, 1.165) is 6.54 Å². The number of nitrogens with zero attached hydrogens (tertiary/aromatic N) is 1. The van der Waals surface area contributed by atoms with Crippen molar-refractivity contribution in [3.05, 3.63) is 29.3 Å². The van der Waals surface area contributed by atoms with Gasteiger partial charge in [-0.3, -0.25) is 0 Å². The fourth-order valence-corrected chi connectivity index (χ4v) is 3.66. The molecule has 0 spiro atoms. The standard InChI is InChI=1S/C17H27N3/c1-20-10-9-14-11-13(7-8-17(14)20)16(12-18)19-15-5-3-2-4-6-15/h7-8,11,15-16,19H,2-6,9-10,12,18H2,1H3. The van der Waals surface area contributed by atoms with Gasteiger partial charge in [0.25, 0.3) is 0 Å². The zero-order valence-corrected chi connectivity index (χ0v) is 12.6. The Bertz CT molecular complexity index is 452. The van der Waals surface area contributed by atoms with E-state index < -0.39 is 0 Å². The van der Waals surface area contributed by atoms with E-state index in [0.29, 0.717) is 18.6 Å². The molecule has 1 saturated carbocycles. The lowest BCUT2D eigenvalue weighted by atomic mass is 9.93. The molecule has 2 aliphatic rings. The summed E-state index contributed by atoms with van der Waals surface area (Å²) in [5, 5.41) is 3.79. The van der Waals surface area contributed by atoms with Crippen LogP contribution in [-0.2, 0) is 6.42 Å². The van der Waals surface area contributed by atoms with Gasteiger partial charge in [-0.2, -0.15) is 0 Å². The van der Waals surface area contributed by atoms with E-state index in [4.69, 9.17) is 5.73 Å². The molecule has 20 heavy (non-hydrogen) atoms. The molecule has 0 aromatic heterocycles. The van der Waals surface area contributed by atoms with Crippen molar-refractivity contribution in [1.82, 2.24) is 5.32 Å². The molecule has 1 aliphatic carbocycles. The molecule has 3 nitrogen and oxygen atoms in total. The zero-order valence-electron chi connectivity index (χ0n) is 12.6. The molecule has 3 heteroatoms. The monoisotopic (exact) mass is 273 g/mol. The number of hydrogen-bond acceptors (Lipinski definition) is 3. The Morgan fingerprint density at radius 1 is 1.30 bits per heavy atom. The van der Waals surface area contributed by atoms with Gasteiger partial charge in [0.2, 0.25) is 0 Å². The molecule has 1 unspecified atom stereocenters. The van der Waals surface area contributed by atoms with E-state index in [2.05, 4.69) is 35.5 Å². The van der Waals surface area contributed by atoms with Crippen LogP contribution in [0.5, 0.6) is 0 Å². The first-order valence-electron chi connectivity index (χ1n) is 8.08. The van der Waals surface area contributed by atoms with Gasteiger partial charge >= 0.3 is 0 Å². The topological polar surface area (TPSA) is 41.3 Å². The Hall–Kier alpha value is -1.06. The summed E-state index contributed by atoms with van der Waals surface area (Å²) in [6, 6.07) is 7.87. The van der Waals surface area contributed by atoms with Crippen LogP contribution in [0.3, 0.4) is 0 Å². The Balaban J connectivity index is 1.72. The first-order valence-corrected chi connectivity index (χ1v) is 8.08. The van der Waals surface area contributed by atoms with Gasteiger partial charge in [-0.1, -0.05) is 31.4 Å². The molecule has 1 atom stereocenters. The van der Waals surface area contributed by atoms with Crippen molar-refractivity contribution < 1.29 is 0 Å². The number of rotatable bonds is 4. The van der Waals surface area contributed by atoms with Gasteiger partial charge in [-0.15, -0.1) is 0 Å². The summed E-state index contributed by atoms with van der Waals surface area (Å²) >= 11 is 0. The normalized spacial score (nSPS) is 21.0. The number of benzene rings is 1. The highest BCUT2D eigenvalue weighted by Crippen LogP contribution is 2.30. The maximum absolute atomic E-state index is 6.02. The van der Waals surface area contributed by atoms with Crippen molar-refractivity contribution in [2.75, 3.05) is 25.0 Å². The minimum atomic E-state index is 0.314. The SMILES string of the molecule is CN1CCc2cc(C(CN)NC3CCCCC3)ccc21. The number of hydrogen-bond donors (Lipinski definition) is 2. The molecule has 1 fully saturated rings. The molecule has 1 aromatic carbocycles. The van der Waals surface area contributed by atoms with Crippen LogP contribution >= 0.6 is 0 Å². The third-order valence-electron chi connectivity index (χ3n) is 4.91. The highest BCUT2D eigenvalue weighted by Gasteiger charge is 2.21. The predicted octanol–water partition coefficient (Wildman–Crippen LogP) is 2.60. The molecular formula is C17H27N3. The molecule has 3 N–H and O–H groups in total. The third-order valence-corrected chi connectivity index (χ3v) is 4.91. The maximum atomic E-state index is 6.02. The lowest BCUT2D eigenvalue weighted by Crippen LogP contribution is -2.37. The summed E-state index contributed by atoms with van der Waals surface area (Å²) in [7, 11) is 2.17. The molecule has 0 radical (unpaired) electrons. The summed E-state index contributed by atoms with van der Waals surface area (Å²) in [5.41, 5.74) is 10.3. The number of likely N-dealkylation sites (N-methyl/N-ethyl adjacent to an activating group) is 1. The average Bonchev–Trinajstić information content (AvgIpc) is 2.87. The van der Waals surface area contributed by atoms with Gasteiger partial charge in [-0.25, -0.2) is 0 Å². The van der Waals surface area contributed by atoms with Crippen molar-refractivity contribution >= 4 is 5.69 Å². The number of nitrogens with two attached hydrogens (primary N) is 1. The second kappa shape index (κ2) is 6.15. The summed E-state index contributed by atoms with van der Waals surface area (Å²) in [6.45, 7) is 1.83. The zero-order chi connectivity index (χ0) is 13.9. The first-order chi connectivity index (χ1) is 9.78. The van der Waals surface area contributed by atoms with Crippen LogP contribution in [0.4, 0.5) is 5.69 Å². The Morgan fingerprint density at radius 3 is 2.85 bits per heavy atom. The molecule has 0 saturated heterocycles. The highest BCUT2D eigenvalue weighted by atomic mass is 15.1. The van der Waals surface area contributed by atoms with Gasteiger partial charge < -0.3 is 16.0 Å². The maximum Gasteiger partial charge on any atom is 0.0446 e. The first kappa shape index (κ1) is 13.9. The largest absolute Gasteiger partial charge is 0.374 e. The molecular weight excluding hydrogens is 246 g/mol. The fourth-order valence-electron chi connectivity index (χ4n) is 3.66. The van der Waals surface area contributed by atoms with Crippen molar-refractivity contribution in [3.63, 3.8) is 0 Å². The van der Waals surface area contributed by atoms with Crippen LogP contribution in [0.15, 0.2) is 18.2 Å². The minimum absolute atomic E-state index is 0.314. The quantitative estimate of drug-likeness (QED) is 0.886. The molecule has 0 bridgehead atoms. The van der Waals surface area contributed by atoms with Gasteiger partial charge in [-0.05, 0) is 36.5 Å². The Kier molecular flexibility index (Phi) is 4.27. The van der Waals surface area contributed by atoms with E-state index in [1.807, 2.05) is 0 Å². The smallest absolute Gasteiger partial charge is 0.0446 e. The Morgan fingerprint density at radius 2 is 2.10 bits per heavy atom. The summed E-state index contributed by atoms with van der Waals surface area (Å²) in [5.74, 6) is 0. The van der Waals surface area contributed by atoms with Gasteiger partial charge in [0, 0.05) is 37.9 Å². The van der Waals surface area contributed by atoms with E-state index in [9.17, 15) is 0 Å². The molecule has 110 valence electrons. The lowest BCUT2D eigenvalue weighted by Gasteiger charge is -2.28. The van der Waals surface area contributed by atoms with Crippen LogP contribution in [0.1, 0.15) is 49.3 Å². The average molecular weight is 273 g/mol. The predicted molar refractivity (Wildman–Crippen MR) is 85.2 cm³/mol. The van der Waals surface area contributed by atoms with Crippen molar-refractivity contribution in [3.8, 4) is 0 Å². The molecule has 1 aliphatic heterocycles. The van der Waals surface area contributed by atoms with E-state index in [1.165, 1.54) is 55.3 Å². The number of fused-ring (bicyclic) bond motifs is 1. The van der Waals surface area contributed by atoms with E-state index in [1.54, 1.807) is 0 Å². The van der Waals surface area contributed by atoms with Crippen LogP contribution in [0.25, 0.3) is 0 Å². The Labute approximate surface area is 122 Å². The van der Waals surface area contributed by atoms with Gasteiger partial charge in [0.1, 0.15) is 0 Å².